The van der Waals surface area contributed by atoms with Gasteiger partial charge in [0.2, 0.25) is 0 Å². The Kier molecular flexibility index (Phi) is 6.91. The molecule has 1 atom stereocenters. The van der Waals surface area contributed by atoms with E-state index in [1.54, 1.807) is 6.92 Å². The molecule has 0 saturated heterocycles. The van der Waals surface area contributed by atoms with Crippen LogP contribution in [0.25, 0.3) is 0 Å². The molecule has 0 fully saturated rings. The molecule has 0 spiro atoms. The van der Waals surface area contributed by atoms with Crippen molar-refractivity contribution in [1.29, 1.82) is 0 Å². The van der Waals surface area contributed by atoms with Crippen molar-refractivity contribution in [2.75, 3.05) is 20.3 Å². The molecule has 0 aliphatic heterocycles. The minimum absolute atomic E-state index is 0.0174. The van der Waals surface area contributed by atoms with Crippen molar-refractivity contribution in [2.24, 2.45) is 0 Å². The predicted molar refractivity (Wildman–Crippen MR) is 75.2 cm³/mol. The highest BCUT2D eigenvalue weighted by atomic mass is 19.2. The fourth-order valence-electron chi connectivity index (χ4n) is 2.01. The molecule has 1 aromatic rings. The topological polar surface area (TPSA) is 66.8 Å². The molecule has 7 heteroatoms. The van der Waals surface area contributed by atoms with E-state index in [9.17, 15) is 23.5 Å². The van der Waals surface area contributed by atoms with Crippen molar-refractivity contribution in [3.05, 3.63) is 35.4 Å². The van der Waals surface area contributed by atoms with Crippen LogP contribution in [0.3, 0.4) is 0 Å². The predicted octanol–water partition coefficient (Wildman–Crippen LogP) is 1.74. The second-order valence-corrected chi connectivity index (χ2v) is 4.70. The minimum Gasteiger partial charge on any atom is -0.469 e. The zero-order chi connectivity index (χ0) is 16.7. The summed E-state index contributed by atoms with van der Waals surface area (Å²) in [5.74, 6) is -3.26. The Bertz CT molecular complexity index is 532. The second kappa shape index (κ2) is 8.43. The molecule has 0 saturated carbocycles. The number of amides is 1. The van der Waals surface area contributed by atoms with Gasteiger partial charge in [0, 0.05) is 12.1 Å². The average molecular weight is 315 g/mol. The molecular formula is C15H19F2NO4. The van der Waals surface area contributed by atoms with Gasteiger partial charge in [0.05, 0.1) is 26.2 Å². The first-order valence-corrected chi connectivity index (χ1v) is 6.88. The monoisotopic (exact) mass is 315 g/mol. The zero-order valence-electron chi connectivity index (χ0n) is 12.5. The number of halogens is 2. The van der Waals surface area contributed by atoms with E-state index in [0.29, 0.717) is 6.42 Å². The van der Waals surface area contributed by atoms with Crippen LogP contribution in [0.15, 0.2) is 18.2 Å². The Labute approximate surface area is 127 Å². The highest BCUT2D eigenvalue weighted by molar-refractivity contribution is 5.94. The first-order chi connectivity index (χ1) is 10.4. The van der Waals surface area contributed by atoms with Gasteiger partial charge < -0.3 is 14.7 Å². The van der Waals surface area contributed by atoms with E-state index in [4.69, 9.17) is 0 Å². The third-order valence-corrected chi connectivity index (χ3v) is 3.33. The number of hydrogen-bond acceptors (Lipinski definition) is 4. The van der Waals surface area contributed by atoms with Crippen LogP contribution in [-0.4, -0.2) is 48.2 Å². The molecule has 0 aliphatic rings. The smallest absolute Gasteiger partial charge is 0.307 e. The van der Waals surface area contributed by atoms with Gasteiger partial charge in [-0.25, -0.2) is 8.78 Å². The van der Waals surface area contributed by atoms with Crippen molar-refractivity contribution in [1.82, 2.24) is 4.90 Å². The number of methoxy groups -OCH3 is 1. The van der Waals surface area contributed by atoms with E-state index in [1.165, 1.54) is 12.0 Å². The van der Waals surface area contributed by atoms with Crippen molar-refractivity contribution in [3.8, 4) is 0 Å². The van der Waals surface area contributed by atoms with E-state index in [2.05, 4.69) is 4.74 Å². The lowest BCUT2D eigenvalue weighted by atomic mass is 10.1. The Balaban J connectivity index is 2.99. The normalized spacial score (nSPS) is 11.9. The summed E-state index contributed by atoms with van der Waals surface area (Å²) in [5, 5.41) is 9.37. The average Bonchev–Trinajstić information content (AvgIpc) is 2.53. The molecule has 0 heterocycles. The molecule has 1 aromatic carbocycles. The summed E-state index contributed by atoms with van der Waals surface area (Å²) in [6.07, 6.45) is 0.398. The molecule has 0 aromatic heterocycles. The minimum atomic E-state index is -1.13. The highest BCUT2D eigenvalue weighted by Crippen LogP contribution is 2.15. The fraction of sp³-hybridized carbons (Fsp3) is 0.467. The number of nitrogens with zero attached hydrogens (tertiary/aromatic N) is 1. The Morgan fingerprint density at radius 1 is 1.32 bits per heavy atom. The van der Waals surface area contributed by atoms with Gasteiger partial charge in [-0.1, -0.05) is 6.92 Å². The van der Waals surface area contributed by atoms with Gasteiger partial charge in [-0.3, -0.25) is 9.59 Å². The van der Waals surface area contributed by atoms with Crippen LogP contribution in [0.2, 0.25) is 0 Å². The maximum atomic E-state index is 13.3. The van der Waals surface area contributed by atoms with E-state index in [1.807, 2.05) is 0 Å². The summed E-state index contributed by atoms with van der Waals surface area (Å²) in [7, 11) is 1.23. The maximum absolute atomic E-state index is 13.3. The number of esters is 1. The summed E-state index contributed by atoms with van der Waals surface area (Å²) < 4.78 is 30.7. The molecule has 1 amide bonds. The van der Waals surface area contributed by atoms with Gasteiger partial charge in [-0.2, -0.15) is 0 Å². The van der Waals surface area contributed by atoms with E-state index < -0.39 is 29.6 Å². The lowest BCUT2D eigenvalue weighted by molar-refractivity contribution is -0.140. The van der Waals surface area contributed by atoms with E-state index >= 15 is 0 Å². The van der Waals surface area contributed by atoms with Crippen molar-refractivity contribution in [3.63, 3.8) is 0 Å². The summed E-state index contributed by atoms with van der Waals surface area (Å²) in [6, 6.07) is 2.30. The maximum Gasteiger partial charge on any atom is 0.307 e. The van der Waals surface area contributed by atoms with Crippen LogP contribution in [0.4, 0.5) is 8.78 Å². The highest BCUT2D eigenvalue weighted by Gasteiger charge is 2.24. The van der Waals surface area contributed by atoms with Crippen LogP contribution in [0.5, 0.6) is 0 Å². The number of aliphatic hydroxyl groups excluding tert-OH is 1. The van der Waals surface area contributed by atoms with Crippen LogP contribution in [0, 0.1) is 11.6 Å². The molecule has 0 bridgehead atoms. The molecule has 0 aliphatic carbocycles. The Morgan fingerprint density at radius 3 is 2.50 bits per heavy atom. The van der Waals surface area contributed by atoms with Crippen LogP contribution >= 0.6 is 0 Å². The van der Waals surface area contributed by atoms with Gasteiger partial charge in [0.15, 0.2) is 11.6 Å². The largest absolute Gasteiger partial charge is 0.469 e. The first-order valence-electron chi connectivity index (χ1n) is 6.88. The Morgan fingerprint density at radius 2 is 2.00 bits per heavy atom. The molecular weight excluding hydrogens is 296 g/mol. The van der Waals surface area contributed by atoms with E-state index in [-0.39, 0.29) is 25.1 Å². The number of aliphatic hydroxyl groups is 1. The van der Waals surface area contributed by atoms with Crippen LogP contribution in [0.1, 0.15) is 30.1 Å². The molecule has 22 heavy (non-hydrogen) atoms. The molecule has 122 valence electrons. The number of hydrogen-bond donors (Lipinski definition) is 1. The van der Waals surface area contributed by atoms with E-state index in [0.717, 1.165) is 18.2 Å². The van der Waals surface area contributed by atoms with Gasteiger partial charge in [0.25, 0.3) is 5.91 Å². The summed E-state index contributed by atoms with van der Waals surface area (Å²) in [6.45, 7) is 1.49. The summed E-state index contributed by atoms with van der Waals surface area (Å²) in [5.41, 5.74) is -0.0457. The summed E-state index contributed by atoms with van der Waals surface area (Å²) >= 11 is 0. The van der Waals surface area contributed by atoms with Gasteiger partial charge >= 0.3 is 5.97 Å². The molecule has 1 rings (SSSR count). The van der Waals surface area contributed by atoms with Gasteiger partial charge in [0.1, 0.15) is 0 Å². The standard InChI is InChI=1S/C15H19F2NO4/c1-3-11(9-19)18(7-6-14(20)22-2)15(21)10-4-5-12(16)13(17)8-10/h4-5,8,11,19H,3,6-7,9H2,1-2H3. The quantitative estimate of drug-likeness (QED) is 0.778. The second-order valence-electron chi connectivity index (χ2n) is 4.70. The van der Waals surface area contributed by atoms with Crippen molar-refractivity contribution in [2.45, 2.75) is 25.8 Å². The number of carbonyl (C=O) groups is 2. The molecule has 0 radical (unpaired) electrons. The van der Waals surface area contributed by atoms with Gasteiger partial charge in [-0.15, -0.1) is 0 Å². The third kappa shape index (κ3) is 4.49. The zero-order valence-corrected chi connectivity index (χ0v) is 12.5. The number of ether oxygens (including phenoxy) is 1. The lowest BCUT2D eigenvalue weighted by Gasteiger charge is -2.29. The van der Waals surface area contributed by atoms with Crippen molar-refractivity contribution < 1.29 is 28.2 Å². The lowest BCUT2D eigenvalue weighted by Crippen LogP contribution is -2.43. The molecule has 5 nitrogen and oxygen atoms in total. The number of benzene rings is 1. The molecule has 1 unspecified atom stereocenters. The van der Waals surface area contributed by atoms with Gasteiger partial charge in [-0.05, 0) is 24.6 Å². The van der Waals surface area contributed by atoms with Crippen molar-refractivity contribution >= 4 is 11.9 Å². The Hall–Kier alpha value is -2.02. The number of rotatable bonds is 7. The van der Waals surface area contributed by atoms with Crippen LogP contribution < -0.4 is 0 Å². The third-order valence-electron chi connectivity index (χ3n) is 3.33. The first kappa shape index (κ1) is 18.0. The fourth-order valence-corrected chi connectivity index (χ4v) is 2.01. The summed E-state index contributed by atoms with van der Waals surface area (Å²) in [4.78, 5) is 25.0. The molecule has 1 N–H and O–H groups in total. The number of carbonyl (C=O) groups excluding carboxylic acids is 2. The van der Waals surface area contributed by atoms with Crippen LogP contribution in [-0.2, 0) is 9.53 Å². The SMILES string of the molecule is CCC(CO)N(CCC(=O)OC)C(=O)c1ccc(F)c(F)c1.